The third-order valence-electron chi connectivity index (χ3n) is 2.84. The maximum atomic E-state index is 12.8. The average Bonchev–Trinajstić information content (AvgIpc) is 2.47. The van der Waals surface area contributed by atoms with E-state index in [4.69, 9.17) is 4.74 Å². The number of hydrogen-bond donors (Lipinski definition) is 0. The minimum Gasteiger partial charge on any atom is -0.451 e. The van der Waals surface area contributed by atoms with Crippen molar-refractivity contribution in [3.63, 3.8) is 0 Å². The molecule has 0 aromatic heterocycles. The lowest BCUT2D eigenvalue weighted by atomic mass is 10.1. The maximum Gasteiger partial charge on any atom is 0.338 e. The smallest absolute Gasteiger partial charge is 0.338 e. The molecule has 21 heavy (non-hydrogen) atoms. The Labute approximate surface area is 135 Å². The van der Waals surface area contributed by atoms with Gasteiger partial charge in [-0.1, -0.05) is 6.07 Å². The first-order valence-electron chi connectivity index (χ1n) is 6.23. The Morgan fingerprint density at radius 1 is 1.10 bits per heavy atom. The van der Waals surface area contributed by atoms with Gasteiger partial charge in [0.2, 0.25) is 5.78 Å². The summed E-state index contributed by atoms with van der Waals surface area (Å²) in [5, 5.41) is 0. The van der Waals surface area contributed by atoms with Crippen LogP contribution in [0.15, 0.2) is 48.5 Å². The van der Waals surface area contributed by atoms with Gasteiger partial charge >= 0.3 is 5.97 Å². The predicted octanol–water partition coefficient (Wildman–Crippen LogP) is 3.86. The largest absolute Gasteiger partial charge is 0.451 e. The Hall–Kier alpha value is -1.76. The molecule has 3 nitrogen and oxygen atoms in total. The molecule has 0 aliphatic rings. The first kappa shape index (κ1) is 15.6. The van der Waals surface area contributed by atoms with Crippen LogP contribution in [0.2, 0.25) is 0 Å². The van der Waals surface area contributed by atoms with Crippen LogP contribution in [0.1, 0.15) is 27.6 Å². The van der Waals surface area contributed by atoms with E-state index in [0.717, 1.165) is 3.57 Å². The third kappa shape index (κ3) is 4.10. The Morgan fingerprint density at radius 2 is 1.76 bits per heavy atom. The van der Waals surface area contributed by atoms with Gasteiger partial charge in [-0.2, -0.15) is 0 Å². The number of rotatable bonds is 4. The summed E-state index contributed by atoms with van der Waals surface area (Å²) in [6.45, 7) is 1.50. The van der Waals surface area contributed by atoms with Crippen LogP contribution in [0.25, 0.3) is 0 Å². The van der Waals surface area contributed by atoms with E-state index in [9.17, 15) is 14.0 Å². The van der Waals surface area contributed by atoms with Crippen LogP contribution in [0.5, 0.6) is 0 Å². The lowest BCUT2D eigenvalue weighted by Crippen LogP contribution is -2.24. The van der Waals surface area contributed by atoms with Crippen LogP contribution in [0.4, 0.5) is 4.39 Å². The normalized spacial score (nSPS) is 11.8. The number of ether oxygens (including phenoxy) is 1. The fourth-order valence-corrected chi connectivity index (χ4v) is 2.29. The van der Waals surface area contributed by atoms with Gasteiger partial charge in [-0.05, 0) is 72.0 Å². The molecule has 0 saturated carbocycles. The van der Waals surface area contributed by atoms with Crippen molar-refractivity contribution < 1.29 is 18.7 Å². The summed E-state index contributed by atoms with van der Waals surface area (Å²) >= 11 is 2.09. The van der Waals surface area contributed by atoms with Gasteiger partial charge in [0.15, 0.2) is 6.10 Å². The third-order valence-corrected chi connectivity index (χ3v) is 3.51. The molecule has 2 aromatic carbocycles. The zero-order valence-electron chi connectivity index (χ0n) is 11.2. The summed E-state index contributed by atoms with van der Waals surface area (Å²) in [5.74, 6) is -1.35. The predicted molar refractivity (Wildman–Crippen MR) is 84.8 cm³/mol. The molecule has 0 N–H and O–H groups in total. The van der Waals surface area contributed by atoms with Crippen molar-refractivity contribution >= 4 is 34.3 Å². The zero-order valence-corrected chi connectivity index (χ0v) is 13.3. The lowest BCUT2D eigenvalue weighted by Gasteiger charge is -2.12. The second-order valence-electron chi connectivity index (χ2n) is 4.43. The van der Waals surface area contributed by atoms with Gasteiger partial charge in [0.25, 0.3) is 0 Å². The van der Waals surface area contributed by atoms with Gasteiger partial charge in [0.05, 0.1) is 5.56 Å². The maximum absolute atomic E-state index is 12.8. The highest BCUT2D eigenvalue weighted by Gasteiger charge is 2.20. The van der Waals surface area contributed by atoms with Crippen LogP contribution in [0, 0.1) is 9.39 Å². The number of hydrogen-bond acceptors (Lipinski definition) is 3. The highest BCUT2D eigenvalue weighted by molar-refractivity contribution is 14.1. The molecule has 0 bridgehead atoms. The van der Waals surface area contributed by atoms with Crippen molar-refractivity contribution in [3.8, 4) is 0 Å². The highest BCUT2D eigenvalue weighted by atomic mass is 127. The molecule has 0 fully saturated rings. The van der Waals surface area contributed by atoms with Crippen molar-refractivity contribution in [3.05, 3.63) is 69.0 Å². The second-order valence-corrected chi connectivity index (χ2v) is 5.67. The summed E-state index contributed by atoms with van der Waals surface area (Å²) < 4.78 is 18.9. The second kappa shape index (κ2) is 6.80. The molecule has 0 aliphatic carbocycles. The molecule has 0 unspecified atom stereocenters. The summed E-state index contributed by atoms with van der Waals surface area (Å²) in [5.41, 5.74) is 0.694. The molecule has 0 heterocycles. The number of carbonyl (C=O) groups is 2. The molecule has 2 rings (SSSR count). The van der Waals surface area contributed by atoms with Gasteiger partial charge in [-0.15, -0.1) is 0 Å². The summed E-state index contributed by atoms with van der Waals surface area (Å²) in [6.07, 6.45) is -0.930. The molecular weight excluding hydrogens is 386 g/mol. The molecule has 0 aliphatic heterocycles. The van der Waals surface area contributed by atoms with Crippen molar-refractivity contribution in [1.82, 2.24) is 0 Å². The van der Waals surface area contributed by atoms with Crippen LogP contribution in [-0.2, 0) is 4.74 Å². The van der Waals surface area contributed by atoms with Gasteiger partial charge in [0.1, 0.15) is 5.82 Å². The van der Waals surface area contributed by atoms with Crippen LogP contribution in [-0.4, -0.2) is 17.9 Å². The van der Waals surface area contributed by atoms with Crippen LogP contribution in [0.3, 0.4) is 0 Å². The van der Waals surface area contributed by atoms with E-state index in [-0.39, 0.29) is 5.78 Å². The molecule has 2 aromatic rings. The van der Waals surface area contributed by atoms with Crippen LogP contribution < -0.4 is 0 Å². The highest BCUT2D eigenvalue weighted by Crippen LogP contribution is 2.12. The monoisotopic (exact) mass is 398 g/mol. The first-order valence-corrected chi connectivity index (χ1v) is 7.31. The average molecular weight is 398 g/mol. The zero-order chi connectivity index (χ0) is 15.4. The summed E-state index contributed by atoms with van der Waals surface area (Å²) in [4.78, 5) is 24.0. The standard InChI is InChI=1S/C16H12FIO3/c1-10(15(19)11-5-7-13(17)8-6-11)21-16(20)12-3-2-4-14(18)9-12/h2-10H,1H3/t10-/m1/s1. The number of benzene rings is 2. The Balaban J connectivity index is 2.07. The number of ketones is 1. The van der Waals surface area contributed by atoms with E-state index in [2.05, 4.69) is 22.6 Å². The number of esters is 1. The van der Waals surface area contributed by atoms with E-state index in [1.54, 1.807) is 18.2 Å². The molecule has 1 atom stereocenters. The minimum atomic E-state index is -0.930. The van der Waals surface area contributed by atoms with E-state index < -0.39 is 17.9 Å². The van der Waals surface area contributed by atoms with Crippen molar-refractivity contribution in [2.45, 2.75) is 13.0 Å². The molecule has 0 saturated heterocycles. The van der Waals surface area contributed by atoms with Gasteiger partial charge in [0, 0.05) is 9.13 Å². The molecule has 0 radical (unpaired) electrons. The minimum absolute atomic E-state index is 0.305. The first-order chi connectivity index (χ1) is 9.97. The Morgan fingerprint density at radius 3 is 2.38 bits per heavy atom. The number of carbonyl (C=O) groups excluding carboxylic acids is 2. The van der Waals surface area contributed by atoms with Crippen LogP contribution >= 0.6 is 22.6 Å². The van der Waals surface area contributed by atoms with Gasteiger partial charge < -0.3 is 4.74 Å². The topological polar surface area (TPSA) is 43.4 Å². The van der Waals surface area contributed by atoms with E-state index in [0.29, 0.717) is 11.1 Å². The SMILES string of the molecule is C[C@@H](OC(=O)c1cccc(I)c1)C(=O)c1ccc(F)cc1. The van der Waals surface area contributed by atoms with E-state index in [1.165, 1.54) is 31.2 Å². The molecule has 108 valence electrons. The summed E-state index contributed by atoms with van der Waals surface area (Å²) in [7, 11) is 0. The van der Waals surface area contributed by atoms with Crippen molar-refractivity contribution in [1.29, 1.82) is 0 Å². The molecule has 5 heteroatoms. The fourth-order valence-electron chi connectivity index (χ4n) is 1.75. The quantitative estimate of drug-likeness (QED) is 0.447. The van der Waals surface area contributed by atoms with E-state index in [1.807, 2.05) is 6.07 Å². The molecular formula is C16H12FIO3. The van der Waals surface area contributed by atoms with Crippen molar-refractivity contribution in [2.24, 2.45) is 0 Å². The Bertz CT molecular complexity index is 667. The van der Waals surface area contributed by atoms with Gasteiger partial charge in [-0.25, -0.2) is 9.18 Å². The number of halogens is 2. The molecule has 0 amide bonds. The lowest BCUT2D eigenvalue weighted by molar-refractivity contribution is 0.0318. The van der Waals surface area contributed by atoms with Crippen molar-refractivity contribution in [2.75, 3.05) is 0 Å². The fraction of sp³-hybridized carbons (Fsp3) is 0.125. The number of Topliss-reactive ketones (excluding diaryl/α,β-unsaturated/α-hetero) is 1. The van der Waals surface area contributed by atoms with Gasteiger partial charge in [-0.3, -0.25) is 4.79 Å². The Kier molecular flexibility index (Phi) is 5.06. The van der Waals surface area contributed by atoms with E-state index >= 15 is 0 Å². The summed E-state index contributed by atoms with van der Waals surface area (Å²) in [6, 6.07) is 12.0. The molecule has 0 spiro atoms.